The minimum atomic E-state index is -0.418. The number of nitrogens with zero attached hydrogens (tertiary/aromatic N) is 1. The lowest BCUT2D eigenvalue weighted by Crippen LogP contribution is -2.33. The van der Waals surface area contributed by atoms with Gasteiger partial charge in [-0.1, -0.05) is 53.5 Å². The molecule has 3 aromatic carbocycles. The lowest BCUT2D eigenvalue weighted by atomic mass is 10.0. The van der Waals surface area contributed by atoms with Gasteiger partial charge in [-0.25, -0.2) is 4.90 Å². The molecule has 1 N–H and O–H groups in total. The number of hydrogen-bond donors (Lipinski definition) is 1. The molecule has 0 saturated heterocycles. The van der Waals surface area contributed by atoms with E-state index in [1.54, 1.807) is 36.4 Å². The number of imide groups is 1. The molecule has 4 nitrogen and oxygen atoms in total. The lowest BCUT2D eigenvalue weighted by Gasteiger charge is -2.18. The molecule has 6 heteroatoms. The van der Waals surface area contributed by atoms with Gasteiger partial charge in [0.2, 0.25) is 0 Å². The second-order valence-corrected chi connectivity index (χ2v) is 7.95. The molecule has 0 atom stereocenters. The van der Waals surface area contributed by atoms with Crippen molar-refractivity contribution in [3.8, 4) is 0 Å². The molecule has 150 valence electrons. The Hall–Kier alpha value is -3.08. The maximum absolute atomic E-state index is 13.4. The maximum atomic E-state index is 13.4. The van der Waals surface area contributed by atoms with Gasteiger partial charge in [-0.15, -0.1) is 0 Å². The van der Waals surface area contributed by atoms with Gasteiger partial charge >= 0.3 is 0 Å². The lowest BCUT2D eigenvalue weighted by molar-refractivity contribution is -0.120. The fraction of sp³-hybridized carbons (Fsp3) is 0.0833. The van der Waals surface area contributed by atoms with Crippen molar-refractivity contribution in [1.82, 2.24) is 0 Å². The van der Waals surface area contributed by atoms with E-state index >= 15 is 0 Å². The van der Waals surface area contributed by atoms with Gasteiger partial charge in [-0.3, -0.25) is 9.59 Å². The highest BCUT2D eigenvalue weighted by atomic mass is 35.5. The van der Waals surface area contributed by atoms with Crippen molar-refractivity contribution in [2.24, 2.45) is 0 Å². The Morgan fingerprint density at radius 2 is 1.40 bits per heavy atom. The first-order chi connectivity index (χ1) is 14.4. The van der Waals surface area contributed by atoms with Crippen molar-refractivity contribution in [3.63, 3.8) is 0 Å². The first-order valence-electron chi connectivity index (χ1n) is 9.34. The van der Waals surface area contributed by atoms with Crippen LogP contribution >= 0.6 is 23.2 Å². The van der Waals surface area contributed by atoms with E-state index < -0.39 is 5.91 Å². The number of halogens is 2. The second-order valence-electron chi connectivity index (χ2n) is 7.08. The van der Waals surface area contributed by atoms with Gasteiger partial charge in [-0.2, -0.15) is 0 Å². The molecule has 0 bridgehead atoms. The molecule has 1 aliphatic heterocycles. The van der Waals surface area contributed by atoms with Crippen molar-refractivity contribution in [3.05, 3.63) is 99.2 Å². The Labute approximate surface area is 184 Å². The second kappa shape index (κ2) is 7.98. The standard InChI is InChI=1S/C24H18Cl2N2O2/c1-14-12-17(25)8-10-19(14)27-22-21(16-6-4-3-5-7-16)23(29)28(24(22)30)20-11-9-18(26)13-15(20)2/h3-13,27H,1-2H3. The van der Waals surface area contributed by atoms with Crippen molar-refractivity contribution < 1.29 is 9.59 Å². The smallest absolute Gasteiger partial charge is 0.282 e. The maximum Gasteiger partial charge on any atom is 0.282 e. The molecule has 30 heavy (non-hydrogen) atoms. The van der Waals surface area contributed by atoms with Crippen LogP contribution in [0.3, 0.4) is 0 Å². The van der Waals surface area contributed by atoms with Gasteiger partial charge in [0, 0.05) is 15.7 Å². The van der Waals surface area contributed by atoms with Crippen LogP contribution in [0.25, 0.3) is 5.57 Å². The predicted molar refractivity (Wildman–Crippen MR) is 122 cm³/mol. The number of carbonyl (C=O) groups is 2. The normalized spacial score (nSPS) is 13.9. The van der Waals surface area contributed by atoms with E-state index in [1.807, 2.05) is 44.2 Å². The van der Waals surface area contributed by atoms with Crippen LogP contribution in [0.15, 0.2) is 72.4 Å². The van der Waals surface area contributed by atoms with E-state index in [-0.39, 0.29) is 11.6 Å². The Kier molecular flexibility index (Phi) is 5.37. The van der Waals surface area contributed by atoms with Crippen LogP contribution in [0.4, 0.5) is 11.4 Å². The quantitative estimate of drug-likeness (QED) is 0.509. The third-order valence-electron chi connectivity index (χ3n) is 4.99. The number of amides is 2. The first kappa shape index (κ1) is 20.2. The number of benzene rings is 3. The molecule has 0 saturated carbocycles. The van der Waals surface area contributed by atoms with Crippen molar-refractivity contribution in [1.29, 1.82) is 0 Å². The molecule has 1 aliphatic rings. The highest BCUT2D eigenvalue weighted by Crippen LogP contribution is 2.36. The molecular formula is C24H18Cl2N2O2. The first-order valence-corrected chi connectivity index (χ1v) is 10.1. The molecule has 2 amide bonds. The van der Waals surface area contributed by atoms with E-state index in [1.165, 1.54) is 4.90 Å². The number of hydrogen-bond acceptors (Lipinski definition) is 3. The number of nitrogens with one attached hydrogen (secondary N) is 1. The molecule has 0 spiro atoms. The summed E-state index contributed by atoms with van der Waals surface area (Å²) in [6, 6.07) is 19.6. The van der Waals surface area contributed by atoms with Crippen LogP contribution in [-0.2, 0) is 9.59 Å². The minimum absolute atomic E-state index is 0.228. The largest absolute Gasteiger partial charge is 0.350 e. The summed E-state index contributed by atoms with van der Waals surface area (Å²) < 4.78 is 0. The van der Waals surface area contributed by atoms with E-state index in [2.05, 4.69) is 5.32 Å². The van der Waals surface area contributed by atoms with Gasteiger partial charge in [0.15, 0.2) is 0 Å². The zero-order valence-corrected chi connectivity index (χ0v) is 17.9. The highest BCUT2D eigenvalue weighted by molar-refractivity contribution is 6.46. The molecule has 0 radical (unpaired) electrons. The van der Waals surface area contributed by atoms with Crippen molar-refractivity contribution >= 4 is 52.0 Å². The van der Waals surface area contributed by atoms with E-state index in [0.717, 1.165) is 11.1 Å². The van der Waals surface area contributed by atoms with Crippen LogP contribution in [0, 0.1) is 13.8 Å². The number of aryl methyl sites for hydroxylation is 2. The van der Waals surface area contributed by atoms with E-state index in [0.29, 0.717) is 32.6 Å². The Morgan fingerprint density at radius 1 is 0.767 bits per heavy atom. The van der Waals surface area contributed by atoms with E-state index in [4.69, 9.17) is 23.2 Å². The highest BCUT2D eigenvalue weighted by Gasteiger charge is 2.40. The summed E-state index contributed by atoms with van der Waals surface area (Å²) in [5, 5.41) is 4.32. The SMILES string of the molecule is Cc1cc(Cl)ccc1NC1=C(c2ccccc2)C(=O)N(c2ccc(Cl)cc2C)C1=O. The topological polar surface area (TPSA) is 49.4 Å². The Bertz CT molecular complexity index is 1200. The predicted octanol–water partition coefficient (Wildman–Crippen LogP) is 6.01. The summed E-state index contributed by atoms with van der Waals surface area (Å²) in [6.07, 6.45) is 0. The van der Waals surface area contributed by atoms with Crippen LogP contribution in [0.1, 0.15) is 16.7 Å². The molecule has 1 heterocycles. The van der Waals surface area contributed by atoms with E-state index in [9.17, 15) is 9.59 Å². The summed E-state index contributed by atoms with van der Waals surface area (Å²) in [5.74, 6) is -0.802. The van der Waals surface area contributed by atoms with Crippen LogP contribution in [0.2, 0.25) is 10.0 Å². The molecule has 0 unspecified atom stereocenters. The molecule has 3 aromatic rings. The zero-order chi connectivity index (χ0) is 21.4. The van der Waals surface area contributed by atoms with Gasteiger partial charge in [0.1, 0.15) is 5.70 Å². The van der Waals surface area contributed by atoms with Crippen LogP contribution in [-0.4, -0.2) is 11.8 Å². The summed E-state index contributed by atoms with van der Waals surface area (Å²) in [5.41, 5.74) is 4.03. The average molecular weight is 437 g/mol. The van der Waals surface area contributed by atoms with Crippen LogP contribution < -0.4 is 10.2 Å². The number of anilines is 2. The molecule has 4 rings (SSSR count). The van der Waals surface area contributed by atoms with Gasteiger partial charge in [0.25, 0.3) is 11.8 Å². The minimum Gasteiger partial charge on any atom is -0.350 e. The Balaban J connectivity index is 1.85. The summed E-state index contributed by atoms with van der Waals surface area (Å²) in [4.78, 5) is 28.1. The Morgan fingerprint density at radius 3 is 2.03 bits per heavy atom. The summed E-state index contributed by atoms with van der Waals surface area (Å²) in [6.45, 7) is 3.71. The number of carbonyl (C=O) groups excluding carboxylic acids is 2. The van der Waals surface area contributed by atoms with Gasteiger partial charge in [-0.05, 0) is 66.9 Å². The summed E-state index contributed by atoms with van der Waals surface area (Å²) in [7, 11) is 0. The van der Waals surface area contributed by atoms with Gasteiger partial charge < -0.3 is 5.32 Å². The molecule has 0 aliphatic carbocycles. The fourth-order valence-electron chi connectivity index (χ4n) is 3.51. The van der Waals surface area contributed by atoms with Crippen molar-refractivity contribution in [2.75, 3.05) is 10.2 Å². The van der Waals surface area contributed by atoms with Gasteiger partial charge in [0.05, 0.1) is 11.3 Å². The third kappa shape index (κ3) is 3.60. The third-order valence-corrected chi connectivity index (χ3v) is 5.46. The molecule has 0 aromatic heterocycles. The summed E-state index contributed by atoms with van der Waals surface area (Å²) >= 11 is 12.1. The fourth-order valence-corrected chi connectivity index (χ4v) is 3.96. The van der Waals surface area contributed by atoms with Crippen LogP contribution in [0.5, 0.6) is 0 Å². The molecule has 0 fully saturated rings. The monoisotopic (exact) mass is 436 g/mol. The average Bonchev–Trinajstić information content (AvgIpc) is 2.95. The molecular weight excluding hydrogens is 419 g/mol. The number of rotatable bonds is 4. The zero-order valence-electron chi connectivity index (χ0n) is 16.4. The van der Waals surface area contributed by atoms with Crippen molar-refractivity contribution in [2.45, 2.75) is 13.8 Å².